The molecule has 1 heterocycles. The third-order valence-electron chi connectivity index (χ3n) is 2.75. The molecule has 0 aliphatic heterocycles. The number of carbonyl (C=O) groups excluding carboxylic acids is 1. The lowest BCUT2D eigenvalue weighted by molar-refractivity contribution is 0.565. The molecule has 2 rings (SSSR count). The van der Waals surface area contributed by atoms with E-state index in [4.69, 9.17) is 0 Å². The lowest BCUT2D eigenvalue weighted by Crippen LogP contribution is -1.89. The summed E-state index contributed by atoms with van der Waals surface area (Å²) in [6.45, 7) is 4.10. The molecule has 0 aliphatic rings. The van der Waals surface area contributed by atoms with Crippen LogP contribution in [-0.2, 0) is 11.8 Å². The predicted molar refractivity (Wildman–Crippen MR) is 60.2 cm³/mol. The number of aryl methyl sites for hydroxylation is 3. The topological polar surface area (TPSA) is 34.4 Å². The van der Waals surface area contributed by atoms with Gasteiger partial charge in [-0.3, -0.25) is 0 Å². The molecule has 0 saturated heterocycles. The molecular weight excluding hydrogens is 188 g/mol. The zero-order valence-corrected chi connectivity index (χ0v) is 9.03. The normalized spacial score (nSPS) is 10.3. The first-order chi connectivity index (χ1) is 7.15. The highest BCUT2D eigenvalue weighted by atomic mass is 16.1. The van der Waals surface area contributed by atoms with Crippen molar-refractivity contribution in [2.75, 3.05) is 0 Å². The minimum atomic E-state index is 0.650. The number of hydrogen-bond acceptors (Lipinski definition) is 2. The van der Waals surface area contributed by atoms with Gasteiger partial charge < -0.3 is 4.57 Å². The van der Waals surface area contributed by atoms with Gasteiger partial charge in [-0.1, -0.05) is 12.1 Å². The van der Waals surface area contributed by atoms with Crippen molar-refractivity contribution in [3.05, 3.63) is 29.3 Å². The zero-order valence-electron chi connectivity index (χ0n) is 9.03. The first-order valence-corrected chi connectivity index (χ1v) is 4.78. The van der Waals surface area contributed by atoms with Crippen molar-refractivity contribution in [2.45, 2.75) is 13.8 Å². The van der Waals surface area contributed by atoms with Crippen LogP contribution in [0.25, 0.3) is 10.9 Å². The molecule has 0 spiro atoms. The van der Waals surface area contributed by atoms with Crippen LogP contribution in [0.1, 0.15) is 11.1 Å². The van der Waals surface area contributed by atoms with Crippen LogP contribution in [0.2, 0.25) is 0 Å². The van der Waals surface area contributed by atoms with Crippen LogP contribution in [-0.4, -0.2) is 10.6 Å². The summed E-state index contributed by atoms with van der Waals surface area (Å²) in [5.74, 6) is 0.650. The van der Waals surface area contributed by atoms with Crippen LogP contribution in [0.15, 0.2) is 23.2 Å². The van der Waals surface area contributed by atoms with Gasteiger partial charge in [-0.25, -0.2) is 4.79 Å². The molecular formula is C12H12N2O. The molecule has 0 fully saturated rings. The van der Waals surface area contributed by atoms with Gasteiger partial charge in [0.15, 0.2) is 0 Å². The maximum absolute atomic E-state index is 10.3. The first kappa shape index (κ1) is 9.69. The van der Waals surface area contributed by atoms with E-state index in [-0.39, 0.29) is 0 Å². The summed E-state index contributed by atoms with van der Waals surface area (Å²) < 4.78 is 1.92. The Bertz CT molecular complexity index is 575. The third-order valence-corrected chi connectivity index (χ3v) is 2.75. The second kappa shape index (κ2) is 3.37. The van der Waals surface area contributed by atoms with E-state index in [1.54, 1.807) is 6.08 Å². The van der Waals surface area contributed by atoms with Gasteiger partial charge in [0.25, 0.3) is 0 Å². The molecule has 1 aromatic carbocycles. The molecule has 76 valence electrons. The Morgan fingerprint density at radius 1 is 1.27 bits per heavy atom. The maximum Gasteiger partial charge on any atom is 0.242 e. The Hall–Kier alpha value is -1.86. The van der Waals surface area contributed by atoms with Crippen LogP contribution in [0.3, 0.4) is 0 Å². The number of nitrogens with zero attached hydrogens (tertiary/aromatic N) is 2. The quantitative estimate of drug-likeness (QED) is 0.515. The Labute approximate surface area is 88.0 Å². The van der Waals surface area contributed by atoms with E-state index < -0.39 is 0 Å². The monoisotopic (exact) mass is 200 g/mol. The van der Waals surface area contributed by atoms with Crippen LogP contribution in [0.5, 0.6) is 0 Å². The van der Waals surface area contributed by atoms with E-state index in [0.717, 1.165) is 10.9 Å². The fourth-order valence-corrected chi connectivity index (χ4v) is 1.94. The molecule has 0 saturated carbocycles. The summed E-state index contributed by atoms with van der Waals surface area (Å²) in [5, 5.41) is 1.14. The molecule has 0 atom stereocenters. The summed E-state index contributed by atoms with van der Waals surface area (Å²) in [7, 11) is 1.91. The molecule has 2 aromatic rings. The summed E-state index contributed by atoms with van der Waals surface area (Å²) in [5.41, 5.74) is 3.51. The van der Waals surface area contributed by atoms with E-state index >= 15 is 0 Å². The van der Waals surface area contributed by atoms with Gasteiger partial charge in [0, 0.05) is 12.4 Å². The van der Waals surface area contributed by atoms with Crippen LogP contribution < -0.4 is 0 Å². The highest BCUT2D eigenvalue weighted by Gasteiger charge is 2.08. The molecule has 0 bridgehead atoms. The minimum Gasteiger partial charge on any atom is -0.328 e. The Morgan fingerprint density at radius 3 is 2.53 bits per heavy atom. The molecule has 15 heavy (non-hydrogen) atoms. The fourth-order valence-electron chi connectivity index (χ4n) is 1.94. The van der Waals surface area contributed by atoms with Crippen molar-refractivity contribution in [3.63, 3.8) is 0 Å². The fraction of sp³-hybridized carbons (Fsp3) is 0.250. The van der Waals surface area contributed by atoms with Gasteiger partial charge in [0.1, 0.15) is 5.82 Å². The number of hydrogen-bond donors (Lipinski definition) is 0. The van der Waals surface area contributed by atoms with Gasteiger partial charge >= 0.3 is 0 Å². The molecule has 1 aromatic heterocycles. The van der Waals surface area contributed by atoms with Crippen molar-refractivity contribution in [1.29, 1.82) is 0 Å². The Morgan fingerprint density at radius 2 is 1.93 bits per heavy atom. The average Bonchev–Trinajstić information content (AvgIpc) is 2.53. The Kier molecular flexibility index (Phi) is 2.18. The van der Waals surface area contributed by atoms with Crippen molar-refractivity contribution in [3.8, 4) is 0 Å². The molecule has 0 aliphatic carbocycles. The second-order valence-corrected chi connectivity index (χ2v) is 3.73. The van der Waals surface area contributed by atoms with Gasteiger partial charge in [-0.2, -0.15) is 0 Å². The van der Waals surface area contributed by atoms with E-state index in [0.29, 0.717) is 5.82 Å². The van der Waals surface area contributed by atoms with Crippen LogP contribution >= 0.6 is 0 Å². The van der Waals surface area contributed by atoms with Gasteiger partial charge in [-0.05, 0) is 31.0 Å². The number of aliphatic imine (C=N–C) groups is 1. The summed E-state index contributed by atoms with van der Waals surface area (Å²) >= 11 is 0. The summed E-state index contributed by atoms with van der Waals surface area (Å²) in [6, 6.07) is 6.07. The predicted octanol–water partition coefficient (Wildman–Crippen LogP) is 2.76. The van der Waals surface area contributed by atoms with Gasteiger partial charge in [0.05, 0.1) is 5.52 Å². The van der Waals surface area contributed by atoms with Crippen molar-refractivity contribution >= 4 is 22.8 Å². The van der Waals surface area contributed by atoms with Crippen molar-refractivity contribution in [1.82, 2.24) is 4.57 Å². The molecule has 0 amide bonds. The number of rotatable bonds is 1. The second-order valence-electron chi connectivity index (χ2n) is 3.73. The lowest BCUT2D eigenvalue weighted by atomic mass is 10.1. The smallest absolute Gasteiger partial charge is 0.242 e. The standard InChI is InChI=1S/C12H12N2O/c1-8-4-5-9(2)12-10(8)6-11(13-7-15)14(12)3/h4-6H,1-3H3. The number of aromatic nitrogens is 1. The van der Waals surface area contributed by atoms with Crippen LogP contribution in [0.4, 0.5) is 5.82 Å². The molecule has 0 unspecified atom stereocenters. The van der Waals surface area contributed by atoms with Gasteiger partial charge in [0.2, 0.25) is 6.08 Å². The molecule has 3 nitrogen and oxygen atoms in total. The van der Waals surface area contributed by atoms with E-state index in [1.165, 1.54) is 11.1 Å². The maximum atomic E-state index is 10.3. The highest BCUT2D eigenvalue weighted by molar-refractivity contribution is 5.89. The van der Waals surface area contributed by atoms with E-state index in [1.807, 2.05) is 17.7 Å². The van der Waals surface area contributed by atoms with Crippen LogP contribution in [0, 0.1) is 13.8 Å². The largest absolute Gasteiger partial charge is 0.328 e. The SMILES string of the molecule is Cc1ccc(C)c2c1cc(N=C=O)n2C. The van der Waals surface area contributed by atoms with Crippen molar-refractivity contribution < 1.29 is 4.79 Å². The zero-order chi connectivity index (χ0) is 11.0. The highest BCUT2D eigenvalue weighted by Crippen LogP contribution is 2.29. The average molecular weight is 200 g/mol. The summed E-state index contributed by atoms with van der Waals surface area (Å²) in [4.78, 5) is 14.0. The molecule has 0 N–H and O–H groups in total. The number of fused-ring (bicyclic) bond motifs is 1. The van der Waals surface area contributed by atoms with E-state index in [2.05, 4.69) is 31.0 Å². The van der Waals surface area contributed by atoms with Crippen molar-refractivity contribution in [2.24, 2.45) is 12.0 Å². The first-order valence-electron chi connectivity index (χ1n) is 4.78. The minimum absolute atomic E-state index is 0.650. The lowest BCUT2D eigenvalue weighted by Gasteiger charge is -2.03. The molecule has 3 heteroatoms. The molecule has 0 radical (unpaired) electrons. The number of isocyanates is 1. The third kappa shape index (κ3) is 1.37. The number of benzene rings is 1. The Balaban J connectivity index is 2.92. The van der Waals surface area contributed by atoms with E-state index in [9.17, 15) is 4.79 Å². The summed E-state index contributed by atoms with van der Waals surface area (Å²) in [6.07, 6.45) is 1.58. The van der Waals surface area contributed by atoms with Gasteiger partial charge in [-0.15, -0.1) is 4.99 Å².